The first-order chi connectivity index (χ1) is 14.5. The second-order valence-corrected chi connectivity index (χ2v) is 8.53. The first-order valence-electron chi connectivity index (χ1n) is 9.35. The summed E-state index contributed by atoms with van der Waals surface area (Å²) in [6.45, 7) is 3.77. The van der Waals surface area contributed by atoms with E-state index in [0.29, 0.717) is 26.3 Å². The van der Waals surface area contributed by atoms with Gasteiger partial charge in [0.25, 0.3) is 5.56 Å². The molecule has 3 aromatic rings. The van der Waals surface area contributed by atoms with Crippen molar-refractivity contribution in [1.29, 1.82) is 0 Å². The number of esters is 1. The summed E-state index contributed by atoms with van der Waals surface area (Å²) in [5.74, 6) is -0.467. The number of hydrogen-bond donors (Lipinski definition) is 0. The maximum atomic E-state index is 13.4. The van der Waals surface area contributed by atoms with E-state index in [2.05, 4.69) is 25.9 Å². The normalized spacial score (nSPS) is 16.2. The summed E-state index contributed by atoms with van der Waals surface area (Å²) in [7, 11) is 0. The molecule has 3 heterocycles. The van der Waals surface area contributed by atoms with Crippen molar-refractivity contribution in [2.45, 2.75) is 19.9 Å². The number of carbonyl (C=O) groups excluding carboxylic acids is 1. The van der Waals surface area contributed by atoms with E-state index in [-0.39, 0.29) is 12.2 Å². The average molecular weight is 484 g/mol. The van der Waals surface area contributed by atoms with E-state index in [0.717, 1.165) is 10.0 Å². The number of benzene rings is 1. The van der Waals surface area contributed by atoms with Gasteiger partial charge in [0.1, 0.15) is 0 Å². The molecule has 0 radical (unpaired) electrons. The molecule has 1 aliphatic rings. The van der Waals surface area contributed by atoms with Crippen LogP contribution in [0.25, 0.3) is 6.08 Å². The molecule has 0 aliphatic carbocycles. The Bertz CT molecular complexity index is 1310. The number of hydrogen-bond acceptors (Lipinski definition) is 6. The van der Waals surface area contributed by atoms with Crippen LogP contribution in [0.4, 0.5) is 0 Å². The highest BCUT2D eigenvalue weighted by Gasteiger charge is 2.33. The third kappa shape index (κ3) is 3.80. The van der Waals surface area contributed by atoms with Crippen molar-refractivity contribution in [3.05, 3.63) is 95.3 Å². The van der Waals surface area contributed by atoms with Crippen LogP contribution in [-0.4, -0.2) is 22.1 Å². The van der Waals surface area contributed by atoms with Gasteiger partial charge in [-0.3, -0.25) is 14.3 Å². The lowest BCUT2D eigenvalue weighted by Gasteiger charge is -2.24. The van der Waals surface area contributed by atoms with E-state index in [9.17, 15) is 9.59 Å². The van der Waals surface area contributed by atoms with Crippen LogP contribution in [0.1, 0.15) is 31.1 Å². The third-order valence-electron chi connectivity index (χ3n) is 4.67. The highest BCUT2D eigenvalue weighted by atomic mass is 79.9. The molecule has 0 N–H and O–H groups in total. The summed E-state index contributed by atoms with van der Waals surface area (Å²) in [4.78, 5) is 35.5. The minimum atomic E-state index is -0.612. The number of allylic oxidation sites excluding steroid dienone is 1. The van der Waals surface area contributed by atoms with Crippen molar-refractivity contribution < 1.29 is 9.53 Å². The fourth-order valence-corrected chi connectivity index (χ4v) is 4.64. The van der Waals surface area contributed by atoms with E-state index in [4.69, 9.17) is 4.74 Å². The van der Waals surface area contributed by atoms with Gasteiger partial charge in [-0.05, 0) is 49.8 Å². The Labute approximate surface area is 185 Å². The molecule has 152 valence electrons. The van der Waals surface area contributed by atoms with Gasteiger partial charge in [0.2, 0.25) is 0 Å². The number of aromatic nitrogens is 2. The molecule has 4 rings (SSSR count). The minimum absolute atomic E-state index is 0.216. The minimum Gasteiger partial charge on any atom is -0.463 e. The molecule has 1 unspecified atom stereocenters. The predicted octanol–water partition coefficient (Wildman–Crippen LogP) is 2.96. The van der Waals surface area contributed by atoms with Crippen LogP contribution in [0.5, 0.6) is 0 Å². The van der Waals surface area contributed by atoms with Gasteiger partial charge in [-0.15, -0.1) is 0 Å². The Morgan fingerprint density at radius 3 is 2.70 bits per heavy atom. The summed E-state index contributed by atoms with van der Waals surface area (Å²) in [5, 5.41) is 0. The van der Waals surface area contributed by atoms with Gasteiger partial charge >= 0.3 is 5.97 Å². The summed E-state index contributed by atoms with van der Waals surface area (Å²) >= 11 is 4.72. The molecule has 0 amide bonds. The second kappa shape index (κ2) is 8.49. The maximum absolute atomic E-state index is 13.4. The second-order valence-electron chi connectivity index (χ2n) is 6.61. The monoisotopic (exact) mass is 483 g/mol. The van der Waals surface area contributed by atoms with Crippen LogP contribution in [-0.2, 0) is 9.53 Å². The molecule has 0 fully saturated rings. The lowest BCUT2D eigenvalue weighted by Crippen LogP contribution is -2.39. The van der Waals surface area contributed by atoms with Gasteiger partial charge in [-0.2, -0.15) is 0 Å². The van der Waals surface area contributed by atoms with Crippen molar-refractivity contribution in [2.75, 3.05) is 6.61 Å². The number of fused-ring (bicyclic) bond motifs is 1. The number of nitrogens with zero attached hydrogens (tertiary/aromatic N) is 3. The maximum Gasteiger partial charge on any atom is 0.338 e. The lowest BCUT2D eigenvalue weighted by atomic mass is 9.96. The molecule has 1 aliphatic heterocycles. The molecule has 1 atom stereocenters. The molecular weight excluding hydrogens is 466 g/mol. The molecule has 0 spiro atoms. The molecule has 6 nitrogen and oxygen atoms in total. The van der Waals surface area contributed by atoms with Crippen LogP contribution < -0.4 is 14.9 Å². The summed E-state index contributed by atoms with van der Waals surface area (Å²) < 4.78 is 8.28. The molecular formula is C22H18BrN3O3S. The average Bonchev–Trinajstić information content (AvgIpc) is 3.03. The summed E-state index contributed by atoms with van der Waals surface area (Å²) in [6, 6.07) is 12.5. The third-order valence-corrected chi connectivity index (χ3v) is 6.18. The molecule has 1 aromatic carbocycles. The molecule has 0 saturated heterocycles. The summed E-state index contributed by atoms with van der Waals surface area (Å²) in [6.07, 6.45) is 3.42. The highest BCUT2D eigenvalue weighted by molar-refractivity contribution is 9.10. The van der Waals surface area contributed by atoms with Crippen molar-refractivity contribution in [1.82, 2.24) is 9.55 Å². The van der Waals surface area contributed by atoms with E-state index in [1.807, 2.05) is 42.5 Å². The Morgan fingerprint density at radius 1 is 1.27 bits per heavy atom. The number of pyridine rings is 1. The number of thiazole rings is 1. The zero-order valence-electron chi connectivity index (χ0n) is 16.3. The van der Waals surface area contributed by atoms with Gasteiger partial charge in [-0.25, -0.2) is 9.79 Å². The Hall–Kier alpha value is -2.84. The van der Waals surface area contributed by atoms with Crippen LogP contribution >= 0.6 is 27.3 Å². The SMILES string of the molecule is CCOC(=O)C1=C(C)N=c2s/c(=C\c3ccccn3)c(=O)n2C1c1ccc(Br)cc1. The smallest absolute Gasteiger partial charge is 0.338 e. The zero-order chi connectivity index (χ0) is 21.3. The van der Waals surface area contributed by atoms with Crippen LogP contribution in [0.2, 0.25) is 0 Å². The van der Waals surface area contributed by atoms with Crippen molar-refractivity contribution in [2.24, 2.45) is 4.99 Å². The van der Waals surface area contributed by atoms with E-state index >= 15 is 0 Å². The number of rotatable bonds is 4. The molecule has 30 heavy (non-hydrogen) atoms. The zero-order valence-corrected chi connectivity index (χ0v) is 18.7. The first-order valence-corrected chi connectivity index (χ1v) is 11.0. The van der Waals surface area contributed by atoms with E-state index < -0.39 is 12.0 Å². The van der Waals surface area contributed by atoms with E-state index in [1.165, 1.54) is 11.3 Å². The van der Waals surface area contributed by atoms with E-state index in [1.54, 1.807) is 30.7 Å². The van der Waals surface area contributed by atoms with Crippen LogP contribution in [0, 0.1) is 0 Å². The van der Waals surface area contributed by atoms with Gasteiger partial charge in [0, 0.05) is 10.7 Å². The topological polar surface area (TPSA) is 73.6 Å². The number of ether oxygens (including phenoxy) is 1. The largest absolute Gasteiger partial charge is 0.463 e. The Kier molecular flexibility index (Phi) is 5.78. The van der Waals surface area contributed by atoms with Gasteiger partial charge in [0.15, 0.2) is 4.80 Å². The van der Waals surface area contributed by atoms with Crippen LogP contribution in [0.15, 0.2) is 74.2 Å². The predicted molar refractivity (Wildman–Crippen MR) is 119 cm³/mol. The van der Waals surface area contributed by atoms with Crippen molar-refractivity contribution in [3.63, 3.8) is 0 Å². The number of carbonyl (C=O) groups is 1. The standard InChI is InChI=1S/C22H18BrN3O3S/c1-3-29-21(28)18-13(2)25-22-26(19(18)14-7-9-15(23)10-8-14)20(27)17(30-22)12-16-6-4-5-11-24-16/h4-12,19H,3H2,1-2H3/b17-12-. The quantitative estimate of drug-likeness (QED) is 0.534. The first kappa shape index (κ1) is 20.4. The van der Waals surface area contributed by atoms with Gasteiger partial charge in [-0.1, -0.05) is 45.5 Å². The number of halogens is 1. The Balaban J connectivity index is 1.96. The molecule has 8 heteroatoms. The fourth-order valence-electron chi connectivity index (χ4n) is 3.35. The molecule has 0 bridgehead atoms. The molecule has 0 saturated carbocycles. The Morgan fingerprint density at radius 2 is 2.03 bits per heavy atom. The van der Waals surface area contributed by atoms with Crippen LogP contribution in [0.3, 0.4) is 0 Å². The molecule has 2 aromatic heterocycles. The fraction of sp³-hybridized carbons (Fsp3) is 0.182. The van der Waals surface area contributed by atoms with Gasteiger partial charge < -0.3 is 4.74 Å². The summed E-state index contributed by atoms with van der Waals surface area (Å²) in [5.41, 5.74) is 2.19. The van der Waals surface area contributed by atoms with Gasteiger partial charge in [0.05, 0.1) is 34.1 Å². The van der Waals surface area contributed by atoms with Crippen molar-refractivity contribution in [3.8, 4) is 0 Å². The lowest BCUT2D eigenvalue weighted by molar-refractivity contribution is -0.139. The highest BCUT2D eigenvalue weighted by Crippen LogP contribution is 2.31. The van der Waals surface area contributed by atoms with Crippen molar-refractivity contribution >= 4 is 39.3 Å².